The van der Waals surface area contributed by atoms with Gasteiger partial charge in [-0.15, -0.1) is 0 Å². The van der Waals surface area contributed by atoms with Gasteiger partial charge in [-0.05, 0) is 15.9 Å². The molecule has 1 aromatic heterocycles. The van der Waals surface area contributed by atoms with Gasteiger partial charge in [0.25, 0.3) is 0 Å². The molecule has 4 heteroatoms. The third-order valence-corrected chi connectivity index (χ3v) is 1.33. The Morgan fingerprint density at radius 2 is 2.56 bits per heavy atom. The summed E-state index contributed by atoms with van der Waals surface area (Å²) in [4.78, 5) is 7.32. The first-order valence-corrected chi connectivity index (χ1v) is 3.06. The van der Waals surface area contributed by atoms with Crippen LogP contribution in [-0.4, -0.2) is 17.1 Å². The molecule has 0 unspecified atom stereocenters. The van der Waals surface area contributed by atoms with Crippen LogP contribution in [-0.2, 0) is 0 Å². The minimum atomic E-state index is 0.505. The Morgan fingerprint density at radius 1 is 1.78 bits per heavy atom. The second-order valence-corrected chi connectivity index (χ2v) is 2.18. The van der Waals surface area contributed by atoms with Gasteiger partial charge in [0.05, 0.1) is 11.6 Å². The van der Waals surface area contributed by atoms with Crippen molar-refractivity contribution in [3.8, 4) is 5.88 Å². The maximum absolute atomic E-state index is 4.82. The number of halogens is 1. The number of ether oxygens (including phenoxy) is 1. The van der Waals surface area contributed by atoms with Crippen molar-refractivity contribution in [2.75, 3.05) is 7.11 Å². The van der Waals surface area contributed by atoms with Crippen LogP contribution in [0.3, 0.4) is 0 Å². The first kappa shape index (κ1) is 6.48. The summed E-state index contributed by atoms with van der Waals surface area (Å²) in [7, 11) is 1.54. The van der Waals surface area contributed by atoms with Crippen LogP contribution in [0.5, 0.6) is 5.88 Å². The lowest BCUT2D eigenvalue weighted by molar-refractivity contribution is 0.393. The maximum atomic E-state index is 4.82. The zero-order chi connectivity index (χ0) is 6.69. The highest BCUT2D eigenvalue weighted by molar-refractivity contribution is 9.10. The topological polar surface area (TPSA) is 35.0 Å². The maximum Gasteiger partial charge on any atom is 0.231 e. The summed E-state index contributed by atoms with van der Waals surface area (Å²) >= 11 is 3.19. The summed E-state index contributed by atoms with van der Waals surface area (Å²) in [6.07, 6.45) is 3.97. The lowest BCUT2D eigenvalue weighted by atomic mass is 10.6. The van der Waals surface area contributed by atoms with E-state index in [1.165, 1.54) is 0 Å². The Bertz CT molecular complexity index is 204. The summed E-state index contributed by atoms with van der Waals surface area (Å²) < 4.78 is 5.56. The van der Waals surface area contributed by atoms with E-state index in [1.54, 1.807) is 13.3 Å². The molecule has 0 aromatic carbocycles. The van der Waals surface area contributed by atoms with Crippen molar-refractivity contribution < 1.29 is 4.74 Å². The summed E-state index contributed by atoms with van der Waals surface area (Å²) in [6, 6.07) is 0. The van der Waals surface area contributed by atoms with Crippen LogP contribution >= 0.6 is 15.9 Å². The summed E-state index contributed by atoms with van der Waals surface area (Å²) in [6.45, 7) is 0. The van der Waals surface area contributed by atoms with E-state index in [2.05, 4.69) is 32.2 Å². The van der Waals surface area contributed by atoms with Gasteiger partial charge >= 0.3 is 0 Å². The lowest BCUT2D eigenvalue weighted by Crippen LogP contribution is -1.88. The number of hydrogen-bond acceptors (Lipinski definition) is 3. The fourth-order valence-corrected chi connectivity index (χ4v) is 0.764. The molecule has 9 heavy (non-hydrogen) atoms. The van der Waals surface area contributed by atoms with E-state index < -0.39 is 0 Å². The third kappa shape index (κ3) is 1.38. The summed E-state index contributed by atoms with van der Waals surface area (Å²) in [5.41, 5.74) is 0. The second-order valence-electron chi connectivity index (χ2n) is 1.33. The molecule has 0 bridgehead atoms. The van der Waals surface area contributed by atoms with Crippen molar-refractivity contribution in [2.45, 2.75) is 0 Å². The number of aromatic nitrogens is 2. The molecule has 0 saturated heterocycles. The second kappa shape index (κ2) is 2.77. The Balaban J connectivity index is 3.01. The lowest BCUT2D eigenvalue weighted by Gasteiger charge is -1.96. The molecule has 0 aliphatic heterocycles. The molecule has 1 aromatic rings. The minimum absolute atomic E-state index is 0.505. The quantitative estimate of drug-likeness (QED) is 0.660. The van der Waals surface area contributed by atoms with Crippen LogP contribution in [0.15, 0.2) is 10.7 Å². The first-order chi connectivity index (χ1) is 4.34. The minimum Gasteiger partial charge on any atom is -0.480 e. The molecule has 0 N–H and O–H groups in total. The zero-order valence-electron chi connectivity index (χ0n) is 4.76. The van der Waals surface area contributed by atoms with Crippen LogP contribution in [0, 0.1) is 6.33 Å². The number of hydrogen-bond donors (Lipinski definition) is 0. The van der Waals surface area contributed by atoms with Gasteiger partial charge < -0.3 is 4.74 Å². The molecule has 1 radical (unpaired) electrons. The van der Waals surface area contributed by atoms with E-state index in [0.29, 0.717) is 5.88 Å². The Kier molecular flexibility index (Phi) is 2.00. The zero-order valence-corrected chi connectivity index (χ0v) is 6.34. The van der Waals surface area contributed by atoms with Gasteiger partial charge in [-0.25, -0.2) is 4.98 Å². The van der Waals surface area contributed by atoms with Crippen molar-refractivity contribution in [1.82, 2.24) is 9.97 Å². The number of methoxy groups -OCH3 is 1. The highest BCUT2D eigenvalue weighted by Gasteiger charge is 1.96. The van der Waals surface area contributed by atoms with Gasteiger partial charge in [0.1, 0.15) is 0 Å². The van der Waals surface area contributed by atoms with E-state index in [-0.39, 0.29) is 0 Å². The largest absolute Gasteiger partial charge is 0.480 e. The SMILES string of the molecule is COc1n[c]ncc1Br. The normalized spacial score (nSPS) is 9.11. The fraction of sp³-hybridized carbons (Fsp3) is 0.200. The van der Waals surface area contributed by atoms with Crippen LogP contribution < -0.4 is 4.74 Å². The molecule has 1 rings (SSSR count). The molecule has 3 nitrogen and oxygen atoms in total. The molecule has 0 atom stereocenters. The molecular formula is C5H4BrN2O. The molecule has 0 saturated carbocycles. The molecule has 47 valence electrons. The van der Waals surface area contributed by atoms with E-state index in [1.807, 2.05) is 0 Å². The van der Waals surface area contributed by atoms with E-state index in [0.717, 1.165) is 4.47 Å². The average molecular weight is 188 g/mol. The monoisotopic (exact) mass is 187 g/mol. The van der Waals surface area contributed by atoms with Gasteiger partial charge in [-0.1, -0.05) is 0 Å². The standard InChI is InChI=1S/C5H4BrN2O/c1-9-5-4(6)2-7-3-8-5/h2H,1H3. The van der Waals surface area contributed by atoms with E-state index in [9.17, 15) is 0 Å². The van der Waals surface area contributed by atoms with Crippen LogP contribution in [0.25, 0.3) is 0 Å². The van der Waals surface area contributed by atoms with Crippen LogP contribution in [0.2, 0.25) is 0 Å². The highest BCUT2D eigenvalue weighted by atomic mass is 79.9. The van der Waals surface area contributed by atoms with Crippen molar-refractivity contribution >= 4 is 15.9 Å². The Hall–Kier alpha value is -0.640. The van der Waals surface area contributed by atoms with Crippen LogP contribution in [0.1, 0.15) is 0 Å². The van der Waals surface area contributed by atoms with Gasteiger partial charge in [0.2, 0.25) is 12.2 Å². The highest BCUT2D eigenvalue weighted by Crippen LogP contribution is 2.17. The average Bonchev–Trinajstić information content (AvgIpc) is 1.89. The fourth-order valence-electron chi connectivity index (χ4n) is 0.412. The predicted octanol–water partition coefficient (Wildman–Crippen LogP) is 1.05. The molecule has 0 aliphatic carbocycles. The van der Waals surface area contributed by atoms with Crippen molar-refractivity contribution in [1.29, 1.82) is 0 Å². The predicted molar refractivity (Wildman–Crippen MR) is 35.1 cm³/mol. The third-order valence-electron chi connectivity index (χ3n) is 0.785. The Morgan fingerprint density at radius 3 is 3.00 bits per heavy atom. The van der Waals surface area contributed by atoms with Crippen molar-refractivity contribution in [3.05, 3.63) is 17.0 Å². The molecule has 0 spiro atoms. The number of rotatable bonds is 1. The van der Waals surface area contributed by atoms with Gasteiger partial charge in [0.15, 0.2) is 0 Å². The van der Waals surface area contributed by atoms with Crippen LogP contribution in [0.4, 0.5) is 0 Å². The van der Waals surface area contributed by atoms with E-state index in [4.69, 9.17) is 4.74 Å². The summed E-state index contributed by atoms with van der Waals surface area (Å²) in [5, 5.41) is 0. The smallest absolute Gasteiger partial charge is 0.231 e. The van der Waals surface area contributed by atoms with Gasteiger partial charge in [-0.2, -0.15) is 4.98 Å². The van der Waals surface area contributed by atoms with Gasteiger partial charge in [0, 0.05) is 6.20 Å². The first-order valence-electron chi connectivity index (χ1n) is 2.27. The molecule has 0 aliphatic rings. The van der Waals surface area contributed by atoms with Crippen molar-refractivity contribution in [2.24, 2.45) is 0 Å². The molecule has 0 fully saturated rings. The molecule has 1 heterocycles. The van der Waals surface area contributed by atoms with E-state index >= 15 is 0 Å². The molecular weight excluding hydrogens is 184 g/mol. The van der Waals surface area contributed by atoms with Crippen molar-refractivity contribution in [3.63, 3.8) is 0 Å². The number of nitrogens with zero attached hydrogens (tertiary/aromatic N) is 2. The van der Waals surface area contributed by atoms with Gasteiger partial charge in [-0.3, -0.25) is 0 Å². The Labute approximate surface area is 61.2 Å². The molecule has 0 amide bonds. The summed E-state index contributed by atoms with van der Waals surface area (Å²) in [5.74, 6) is 0.505.